The molecule has 0 aromatic heterocycles. The Morgan fingerprint density at radius 2 is 1.71 bits per heavy atom. The fourth-order valence-electron chi connectivity index (χ4n) is 1.21. The van der Waals surface area contributed by atoms with Crippen LogP contribution in [0.15, 0.2) is 0 Å². The second-order valence-electron chi connectivity index (χ2n) is 4.65. The summed E-state index contributed by atoms with van der Waals surface area (Å²) in [6.45, 7) is 6.04. The molecule has 0 fully saturated rings. The molecule has 0 aromatic carbocycles. The number of halogens is 1. The van der Waals surface area contributed by atoms with Crippen LogP contribution in [0.1, 0.15) is 52.9 Å². The minimum absolute atomic E-state index is 0.0840. The Hall–Kier alpha value is 0.200. The van der Waals surface area contributed by atoms with E-state index in [1.54, 1.807) is 0 Å². The van der Waals surface area contributed by atoms with Crippen molar-refractivity contribution >= 4 is 28.5 Å². The van der Waals surface area contributed by atoms with E-state index in [-0.39, 0.29) is 11.4 Å². The highest BCUT2D eigenvalue weighted by atomic mass is 127. The number of hydrogen-bond acceptors (Lipinski definition) is 1. The van der Waals surface area contributed by atoms with Gasteiger partial charge in [-0.1, -0.05) is 35.4 Å². The Balaban J connectivity index is 3.36. The lowest BCUT2D eigenvalue weighted by atomic mass is 10.1. The van der Waals surface area contributed by atoms with Gasteiger partial charge in [0.05, 0.1) is 0 Å². The van der Waals surface area contributed by atoms with Gasteiger partial charge in [-0.15, -0.1) is 0 Å². The predicted octanol–water partition coefficient (Wildman–Crippen LogP) is 3.29. The minimum atomic E-state index is -0.0840. The first-order valence-electron chi connectivity index (χ1n) is 5.32. The maximum atomic E-state index is 11.4. The van der Waals surface area contributed by atoms with Gasteiger partial charge in [-0.25, -0.2) is 0 Å². The second kappa shape index (κ2) is 7.49. The molecule has 0 aromatic rings. The van der Waals surface area contributed by atoms with Gasteiger partial charge < -0.3 is 5.32 Å². The van der Waals surface area contributed by atoms with Crippen LogP contribution < -0.4 is 5.32 Å². The van der Waals surface area contributed by atoms with Crippen molar-refractivity contribution in [2.45, 2.75) is 58.4 Å². The van der Waals surface area contributed by atoms with Crippen LogP contribution in [-0.4, -0.2) is 15.9 Å². The topological polar surface area (TPSA) is 29.1 Å². The standard InChI is InChI=1S/C11H22INO/c1-11(2,3)13-10(14)8-6-4-5-7-9-12/h4-9H2,1-3H3,(H,13,14). The van der Waals surface area contributed by atoms with Gasteiger partial charge in [0.25, 0.3) is 0 Å². The molecule has 2 nitrogen and oxygen atoms in total. The van der Waals surface area contributed by atoms with E-state index in [4.69, 9.17) is 0 Å². The molecule has 0 unspecified atom stereocenters. The number of amides is 1. The Kier molecular flexibility index (Phi) is 7.59. The molecule has 1 amide bonds. The van der Waals surface area contributed by atoms with E-state index in [1.165, 1.54) is 23.7 Å². The van der Waals surface area contributed by atoms with Gasteiger partial charge in [0, 0.05) is 12.0 Å². The quantitative estimate of drug-likeness (QED) is 0.455. The molecule has 0 heterocycles. The Labute approximate surface area is 101 Å². The molecular weight excluding hydrogens is 289 g/mol. The first-order chi connectivity index (χ1) is 6.45. The molecule has 0 spiro atoms. The van der Waals surface area contributed by atoms with Gasteiger partial charge in [-0.2, -0.15) is 0 Å². The van der Waals surface area contributed by atoms with Crippen LogP contribution in [0, 0.1) is 0 Å². The fraction of sp³-hybridized carbons (Fsp3) is 0.909. The first-order valence-corrected chi connectivity index (χ1v) is 6.85. The Morgan fingerprint density at radius 3 is 2.21 bits per heavy atom. The second-order valence-corrected chi connectivity index (χ2v) is 5.73. The van der Waals surface area contributed by atoms with E-state index >= 15 is 0 Å². The van der Waals surface area contributed by atoms with E-state index in [0.29, 0.717) is 6.42 Å². The van der Waals surface area contributed by atoms with Crippen LogP contribution in [0.5, 0.6) is 0 Å². The average Bonchev–Trinajstić information content (AvgIpc) is 2.00. The zero-order valence-electron chi connectivity index (χ0n) is 9.53. The van der Waals surface area contributed by atoms with Crippen molar-refractivity contribution in [2.24, 2.45) is 0 Å². The highest BCUT2D eigenvalue weighted by Gasteiger charge is 2.12. The zero-order valence-corrected chi connectivity index (χ0v) is 11.7. The van der Waals surface area contributed by atoms with E-state index in [0.717, 1.165) is 6.42 Å². The lowest BCUT2D eigenvalue weighted by molar-refractivity contribution is -0.122. The number of alkyl halides is 1. The summed E-state index contributed by atoms with van der Waals surface area (Å²) in [5, 5.41) is 2.97. The molecule has 0 aliphatic rings. The molecule has 0 saturated carbocycles. The lowest BCUT2D eigenvalue weighted by Gasteiger charge is -2.20. The summed E-state index contributed by atoms with van der Waals surface area (Å²) >= 11 is 2.39. The van der Waals surface area contributed by atoms with E-state index in [1.807, 2.05) is 20.8 Å². The van der Waals surface area contributed by atoms with Gasteiger partial charge in [-0.05, 0) is 38.0 Å². The first kappa shape index (κ1) is 14.2. The predicted molar refractivity (Wildman–Crippen MR) is 69.9 cm³/mol. The van der Waals surface area contributed by atoms with Crippen LogP contribution in [0.3, 0.4) is 0 Å². The molecule has 3 heteroatoms. The summed E-state index contributed by atoms with van der Waals surface area (Å²) in [6, 6.07) is 0. The third-order valence-corrected chi connectivity index (χ3v) is 2.56. The smallest absolute Gasteiger partial charge is 0.220 e. The molecule has 1 N–H and O–H groups in total. The number of hydrogen-bond donors (Lipinski definition) is 1. The molecule has 14 heavy (non-hydrogen) atoms. The van der Waals surface area contributed by atoms with Crippen molar-refractivity contribution in [3.05, 3.63) is 0 Å². The Bertz CT molecular complexity index is 163. The maximum absolute atomic E-state index is 11.4. The number of carbonyl (C=O) groups is 1. The summed E-state index contributed by atoms with van der Waals surface area (Å²) < 4.78 is 1.23. The average molecular weight is 311 g/mol. The van der Waals surface area contributed by atoms with Crippen molar-refractivity contribution < 1.29 is 4.79 Å². The van der Waals surface area contributed by atoms with Crippen molar-refractivity contribution in [3.63, 3.8) is 0 Å². The summed E-state index contributed by atoms with van der Waals surface area (Å²) in [4.78, 5) is 11.4. The highest BCUT2D eigenvalue weighted by Crippen LogP contribution is 2.06. The largest absolute Gasteiger partial charge is 0.352 e. The van der Waals surface area contributed by atoms with Gasteiger partial charge >= 0.3 is 0 Å². The summed E-state index contributed by atoms with van der Waals surface area (Å²) in [6.07, 6.45) is 5.42. The van der Waals surface area contributed by atoms with E-state index < -0.39 is 0 Å². The molecule has 0 saturated heterocycles. The summed E-state index contributed by atoms with van der Waals surface area (Å²) in [7, 11) is 0. The molecule has 0 radical (unpaired) electrons. The summed E-state index contributed by atoms with van der Waals surface area (Å²) in [5.74, 6) is 0.187. The third-order valence-electron chi connectivity index (χ3n) is 1.80. The van der Waals surface area contributed by atoms with E-state index in [9.17, 15) is 4.79 Å². The van der Waals surface area contributed by atoms with Crippen molar-refractivity contribution in [3.8, 4) is 0 Å². The van der Waals surface area contributed by atoms with Crippen molar-refractivity contribution in [1.29, 1.82) is 0 Å². The molecule has 0 aliphatic heterocycles. The molecule has 0 atom stereocenters. The highest BCUT2D eigenvalue weighted by molar-refractivity contribution is 14.1. The van der Waals surface area contributed by atoms with Crippen molar-refractivity contribution in [1.82, 2.24) is 5.32 Å². The number of rotatable bonds is 6. The van der Waals surface area contributed by atoms with Gasteiger partial charge in [0.15, 0.2) is 0 Å². The van der Waals surface area contributed by atoms with Crippen molar-refractivity contribution in [2.75, 3.05) is 4.43 Å². The number of carbonyl (C=O) groups excluding carboxylic acids is 1. The molecule has 0 rings (SSSR count). The fourth-order valence-corrected chi connectivity index (χ4v) is 1.75. The monoisotopic (exact) mass is 311 g/mol. The van der Waals surface area contributed by atoms with E-state index in [2.05, 4.69) is 27.9 Å². The van der Waals surface area contributed by atoms with Gasteiger partial charge in [0.2, 0.25) is 5.91 Å². The number of unbranched alkanes of at least 4 members (excludes halogenated alkanes) is 3. The third kappa shape index (κ3) is 10.3. The van der Waals surface area contributed by atoms with Crippen LogP contribution in [0.4, 0.5) is 0 Å². The maximum Gasteiger partial charge on any atom is 0.220 e. The minimum Gasteiger partial charge on any atom is -0.352 e. The zero-order chi connectivity index (χ0) is 11.0. The normalized spacial score (nSPS) is 11.4. The lowest BCUT2D eigenvalue weighted by Crippen LogP contribution is -2.40. The molecule has 0 aliphatic carbocycles. The van der Waals surface area contributed by atoms with Crippen LogP contribution in [0.2, 0.25) is 0 Å². The van der Waals surface area contributed by atoms with Gasteiger partial charge in [-0.3, -0.25) is 4.79 Å². The summed E-state index contributed by atoms with van der Waals surface area (Å²) in [5.41, 5.74) is -0.0840. The number of nitrogens with one attached hydrogen (secondary N) is 1. The molecular formula is C11H22INO. The van der Waals surface area contributed by atoms with Crippen LogP contribution in [0.25, 0.3) is 0 Å². The van der Waals surface area contributed by atoms with Crippen LogP contribution in [-0.2, 0) is 4.79 Å². The van der Waals surface area contributed by atoms with Crippen LogP contribution >= 0.6 is 22.6 Å². The van der Waals surface area contributed by atoms with Gasteiger partial charge in [0.1, 0.15) is 0 Å². The molecule has 0 bridgehead atoms. The SMILES string of the molecule is CC(C)(C)NC(=O)CCCCCCI. The molecule has 84 valence electrons. The Morgan fingerprint density at radius 1 is 1.14 bits per heavy atom.